The molecule has 0 aromatic carbocycles. The van der Waals surface area contributed by atoms with E-state index < -0.39 is 6.16 Å². The summed E-state index contributed by atoms with van der Waals surface area (Å²) in [5, 5.41) is 16.7. The third-order valence-corrected chi connectivity index (χ3v) is 1.11. The molecule has 0 aliphatic carbocycles. The van der Waals surface area contributed by atoms with Gasteiger partial charge < -0.3 is 24.5 Å². The molecule has 7 heteroatoms. The van der Waals surface area contributed by atoms with Gasteiger partial charge in [0.15, 0.2) is 0 Å². The summed E-state index contributed by atoms with van der Waals surface area (Å²) in [4.78, 5) is 17.9. The second-order valence-electron chi connectivity index (χ2n) is 2.29. The first-order chi connectivity index (χ1) is 7.65. The van der Waals surface area contributed by atoms with E-state index in [4.69, 9.17) is 34.3 Å². The third-order valence-electron chi connectivity index (χ3n) is 1.11. The van der Waals surface area contributed by atoms with Crippen LogP contribution in [0.25, 0.3) is 0 Å². The van der Waals surface area contributed by atoms with Crippen molar-refractivity contribution in [1.82, 2.24) is 0 Å². The molecule has 0 bridgehead atoms. The average Bonchev–Trinajstić information content (AvgIpc) is 2.21. The molecule has 0 aliphatic rings. The Morgan fingerprint density at radius 3 is 1.44 bits per heavy atom. The Hall–Kier alpha value is -0.890. The maximum atomic E-state index is 8.33. The molecule has 0 atom stereocenters. The summed E-state index contributed by atoms with van der Waals surface area (Å²) in [5.41, 5.74) is 0. The summed E-state index contributed by atoms with van der Waals surface area (Å²) < 4.78 is 10.0. The zero-order valence-electron chi connectivity index (χ0n) is 9.60. The Balaban J connectivity index is 0. The quantitative estimate of drug-likeness (QED) is 0.275. The normalized spacial score (nSPS) is 9.38. The smallest absolute Gasteiger partial charge is 0.106 e. The molecule has 0 aromatic rings. The topological polar surface area (TPSA) is 100 Å². The minimum Gasteiger partial charge on any atom is -0.652 e. The first kappa shape index (κ1) is 17.5. The van der Waals surface area contributed by atoms with Crippen molar-refractivity contribution in [2.24, 2.45) is 0 Å². The van der Waals surface area contributed by atoms with Crippen LogP contribution in [0, 0.1) is 0 Å². The van der Waals surface area contributed by atoms with Gasteiger partial charge in [0.25, 0.3) is 0 Å². The van der Waals surface area contributed by atoms with Crippen molar-refractivity contribution in [3.63, 3.8) is 0 Å². The molecule has 16 heavy (non-hydrogen) atoms. The number of ether oxygens (including phenoxy) is 2. The van der Waals surface area contributed by atoms with Gasteiger partial charge in [-0.25, -0.2) is 9.78 Å². The second-order valence-corrected chi connectivity index (χ2v) is 2.29. The van der Waals surface area contributed by atoms with Gasteiger partial charge in [0.05, 0.1) is 13.2 Å². The zero-order valence-corrected chi connectivity index (χ0v) is 9.60. The molecule has 0 aliphatic heterocycles. The van der Waals surface area contributed by atoms with E-state index >= 15 is 0 Å². The summed E-state index contributed by atoms with van der Waals surface area (Å²) in [6.45, 7) is 7.40. The van der Waals surface area contributed by atoms with Crippen LogP contribution in [0.2, 0.25) is 0 Å². The van der Waals surface area contributed by atoms with Crippen molar-refractivity contribution >= 4 is 6.16 Å². The first-order valence-corrected chi connectivity index (χ1v) is 4.93. The number of hydrogen-bond donors (Lipinski definition) is 0. The minimum absolute atomic E-state index is 0.472. The van der Waals surface area contributed by atoms with Gasteiger partial charge in [0.2, 0.25) is 0 Å². The lowest BCUT2D eigenvalue weighted by molar-refractivity contribution is -0.415. The van der Waals surface area contributed by atoms with E-state index in [0.29, 0.717) is 39.6 Å². The van der Waals surface area contributed by atoms with Gasteiger partial charge in [0.1, 0.15) is 13.2 Å². The second kappa shape index (κ2) is 16.5. The minimum atomic E-state index is -2.33. The molecular formula is C9H18O7-2. The van der Waals surface area contributed by atoms with Crippen molar-refractivity contribution in [2.75, 3.05) is 39.6 Å². The van der Waals surface area contributed by atoms with Gasteiger partial charge in [0, 0.05) is 13.2 Å². The molecule has 0 spiro atoms. The molecule has 0 rings (SSSR count). The van der Waals surface area contributed by atoms with Gasteiger partial charge >= 0.3 is 0 Å². The SMILES string of the molecule is CCOCCOOCCOCC.O=C([O-])[O-]. The predicted octanol–water partition coefficient (Wildman–Crippen LogP) is -1.44. The van der Waals surface area contributed by atoms with Gasteiger partial charge in [-0.05, 0) is 20.0 Å². The van der Waals surface area contributed by atoms with Gasteiger partial charge in [-0.15, -0.1) is 0 Å². The maximum absolute atomic E-state index is 8.33. The average molecular weight is 238 g/mol. The Morgan fingerprint density at radius 1 is 0.875 bits per heavy atom. The molecule has 0 unspecified atom stereocenters. The Morgan fingerprint density at radius 2 is 1.19 bits per heavy atom. The fraction of sp³-hybridized carbons (Fsp3) is 0.889. The fourth-order valence-corrected chi connectivity index (χ4v) is 0.592. The van der Waals surface area contributed by atoms with E-state index in [1.54, 1.807) is 0 Å². The summed E-state index contributed by atoms with van der Waals surface area (Å²) in [6, 6.07) is 0. The maximum Gasteiger partial charge on any atom is 0.106 e. The van der Waals surface area contributed by atoms with Crippen molar-refractivity contribution in [3.8, 4) is 0 Å². The van der Waals surface area contributed by atoms with Gasteiger partial charge in [-0.3, -0.25) is 0 Å². The van der Waals surface area contributed by atoms with E-state index in [9.17, 15) is 0 Å². The van der Waals surface area contributed by atoms with Crippen molar-refractivity contribution in [1.29, 1.82) is 0 Å². The highest BCUT2D eigenvalue weighted by Gasteiger charge is 1.89. The number of carbonyl (C=O) groups excluding carboxylic acids is 1. The molecule has 0 fully saturated rings. The molecule has 0 heterocycles. The van der Waals surface area contributed by atoms with E-state index in [1.165, 1.54) is 0 Å². The van der Waals surface area contributed by atoms with E-state index in [1.807, 2.05) is 13.8 Å². The Labute approximate surface area is 94.8 Å². The van der Waals surface area contributed by atoms with Crippen LogP contribution >= 0.6 is 0 Å². The highest BCUT2D eigenvalue weighted by Crippen LogP contribution is 1.81. The van der Waals surface area contributed by atoms with Crippen LogP contribution in [0.3, 0.4) is 0 Å². The fourth-order valence-electron chi connectivity index (χ4n) is 0.592. The molecule has 0 saturated heterocycles. The van der Waals surface area contributed by atoms with Crippen molar-refractivity contribution in [3.05, 3.63) is 0 Å². The number of carboxylic acid groups (broad SMARTS) is 2. The lowest BCUT2D eigenvalue weighted by Crippen LogP contribution is -2.37. The molecule has 0 saturated carbocycles. The molecule has 0 N–H and O–H groups in total. The monoisotopic (exact) mass is 238 g/mol. The predicted molar refractivity (Wildman–Crippen MR) is 50.3 cm³/mol. The van der Waals surface area contributed by atoms with Crippen molar-refractivity contribution < 1.29 is 34.3 Å². The van der Waals surface area contributed by atoms with Crippen molar-refractivity contribution in [2.45, 2.75) is 13.8 Å². The Bertz CT molecular complexity index is 126. The van der Waals surface area contributed by atoms with Crippen LogP contribution in [0.5, 0.6) is 0 Å². The van der Waals surface area contributed by atoms with E-state index in [0.717, 1.165) is 0 Å². The molecule has 0 radical (unpaired) electrons. The largest absolute Gasteiger partial charge is 0.652 e. The highest BCUT2D eigenvalue weighted by molar-refractivity contribution is 5.47. The van der Waals surface area contributed by atoms with E-state index in [2.05, 4.69) is 0 Å². The van der Waals surface area contributed by atoms with Gasteiger partial charge in [-0.1, -0.05) is 0 Å². The van der Waals surface area contributed by atoms with Crippen LogP contribution in [-0.2, 0) is 19.2 Å². The summed E-state index contributed by atoms with van der Waals surface area (Å²) in [5.74, 6) is 0. The third kappa shape index (κ3) is 29.2. The lowest BCUT2D eigenvalue weighted by atomic mass is 10.7. The van der Waals surface area contributed by atoms with Crippen LogP contribution in [0.15, 0.2) is 0 Å². The highest BCUT2D eigenvalue weighted by atomic mass is 17.2. The summed E-state index contributed by atoms with van der Waals surface area (Å²) >= 11 is 0. The lowest BCUT2D eigenvalue weighted by Gasteiger charge is -2.03. The molecule has 98 valence electrons. The number of rotatable bonds is 9. The van der Waals surface area contributed by atoms with Crippen LogP contribution in [-0.4, -0.2) is 45.8 Å². The molecule has 0 aromatic heterocycles. The number of carbonyl (C=O) groups is 1. The summed E-state index contributed by atoms with van der Waals surface area (Å²) in [7, 11) is 0. The number of hydrogen-bond acceptors (Lipinski definition) is 7. The molecular weight excluding hydrogens is 220 g/mol. The first-order valence-electron chi connectivity index (χ1n) is 4.93. The summed E-state index contributed by atoms with van der Waals surface area (Å²) in [6.07, 6.45) is -2.33. The van der Waals surface area contributed by atoms with E-state index in [-0.39, 0.29) is 0 Å². The standard InChI is InChI=1S/C8H18O4.CH2O3/c1-3-9-5-7-11-12-8-6-10-4-2;2-1(3)4/h3-8H2,1-2H3;(H2,2,3,4)/p-2. The van der Waals surface area contributed by atoms with Crippen LogP contribution in [0.1, 0.15) is 13.8 Å². The molecule has 0 amide bonds. The zero-order chi connectivity index (χ0) is 12.6. The van der Waals surface area contributed by atoms with Crippen LogP contribution < -0.4 is 10.2 Å². The Kier molecular flexibility index (Phi) is 18.1. The molecule has 7 nitrogen and oxygen atoms in total. The van der Waals surface area contributed by atoms with Crippen LogP contribution in [0.4, 0.5) is 4.79 Å². The van der Waals surface area contributed by atoms with Gasteiger partial charge in [-0.2, -0.15) is 0 Å².